The van der Waals surface area contributed by atoms with Gasteiger partial charge in [-0.05, 0) is 55.1 Å². The molecule has 2 aromatic carbocycles. The number of rotatable bonds is 5. The summed E-state index contributed by atoms with van der Waals surface area (Å²) in [6.07, 6.45) is 11.0. The van der Waals surface area contributed by atoms with E-state index in [1.807, 2.05) is 18.5 Å². The maximum atomic E-state index is 6.32. The maximum Gasteiger partial charge on any atom is 0.0500 e. The van der Waals surface area contributed by atoms with Crippen LogP contribution >= 0.6 is 11.6 Å². The van der Waals surface area contributed by atoms with E-state index < -0.39 is 0 Å². The first-order valence-corrected chi connectivity index (χ1v) is 10.7. The Bertz CT molecular complexity index is 1100. The quantitative estimate of drug-likeness (QED) is 0.350. The van der Waals surface area contributed by atoms with Crippen molar-refractivity contribution in [1.82, 2.24) is 15.3 Å². The summed E-state index contributed by atoms with van der Waals surface area (Å²) in [7, 11) is 0. The van der Waals surface area contributed by atoms with Gasteiger partial charge in [0.05, 0.1) is 0 Å². The van der Waals surface area contributed by atoms with E-state index >= 15 is 0 Å². The summed E-state index contributed by atoms with van der Waals surface area (Å²) in [5.74, 6) is 0.866. The van der Waals surface area contributed by atoms with Gasteiger partial charge in [-0.3, -0.25) is 0 Å². The van der Waals surface area contributed by atoms with Gasteiger partial charge in [0.1, 0.15) is 0 Å². The van der Waals surface area contributed by atoms with Crippen LogP contribution < -0.4 is 5.32 Å². The summed E-state index contributed by atoms with van der Waals surface area (Å²) in [4.78, 5) is 6.75. The molecule has 3 N–H and O–H groups in total. The molecule has 4 aromatic rings. The van der Waals surface area contributed by atoms with E-state index in [1.54, 1.807) is 0 Å². The molecule has 2 aromatic heterocycles. The van der Waals surface area contributed by atoms with E-state index in [1.165, 1.54) is 54.1 Å². The zero-order chi connectivity index (χ0) is 18.9. The average Bonchev–Trinajstić information content (AvgIpc) is 3.36. The van der Waals surface area contributed by atoms with Crippen LogP contribution in [0.2, 0.25) is 5.02 Å². The first-order chi connectivity index (χ1) is 13.8. The molecule has 0 aliphatic heterocycles. The van der Waals surface area contributed by atoms with Gasteiger partial charge in [0.25, 0.3) is 0 Å². The van der Waals surface area contributed by atoms with Crippen molar-refractivity contribution in [3.63, 3.8) is 0 Å². The highest BCUT2D eigenvalue weighted by Crippen LogP contribution is 2.34. The van der Waals surface area contributed by atoms with E-state index in [4.69, 9.17) is 11.6 Å². The highest BCUT2D eigenvalue weighted by Gasteiger charge is 2.13. The minimum absolute atomic E-state index is 0.780. The first-order valence-electron chi connectivity index (χ1n) is 10.4. The van der Waals surface area contributed by atoms with E-state index in [9.17, 15) is 0 Å². The summed E-state index contributed by atoms with van der Waals surface area (Å²) in [6.45, 7) is 2.09. The van der Waals surface area contributed by atoms with Gasteiger partial charge >= 0.3 is 0 Å². The van der Waals surface area contributed by atoms with Crippen molar-refractivity contribution < 1.29 is 0 Å². The minimum Gasteiger partial charge on any atom is -0.366 e. The van der Waals surface area contributed by atoms with Crippen LogP contribution in [-0.4, -0.2) is 16.5 Å². The molecule has 0 unspecified atom stereocenters. The lowest BCUT2D eigenvalue weighted by atomic mass is 9.89. The Morgan fingerprint density at radius 1 is 0.964 bits per heavy atom. The van der Waals surface area contributed by atoms with Gasteiger partial charge in [-0.25, -0.2) is 0 Å². The van der Waals surface area contributed by atoms with Gasteiger partial charge in [0.15, 0.2) is 0 Å². The molecule has 1 saturated carbocycles. The van der Waals surface area contributed by atoms with Crippen LogP contribution in [0.15, 0.2) is 48.8 Å². The minimum atomic E-state index is 0.780. The number of benzene rings is 2. The number of hydrogen-bond acceptors (Lipinski definition) is 1. The lowest BCUT2D eigenvalue weighted by Gasteiger charge is -2.21. The third-order valence-corrected chi connectivity index (χ3v) is 6.48. The van der Waals surface area contributed by atoms with Gasteiger partial charge in [-0.2, -0.15) is 0 Å². The highest BCUT2D eigenvalue weighted by molar-refractivity contribution is 6.36. The standard InChI is InChI=1S/C24H26ClN3/c25-22-8-7-19(20-14-27-15-21(20)22)24-11-18-10-17(6-9-23(18)28-24)13-26-12-16-4-2-1-3-5-16/h6-11,14-16,26-28H,1-5,12-13H2. The molecule has 28 heavy (non-hydrogen) atoms. The molecule has 1 aliphatic rings. The zero-order valence-electron chi connectivity index (χ0n) is 16.0. The van der Waals surface area contributed by atoms with E-state index in [0.717, 1.165) is 40.5 Å². The number of nitrogens with one attached hydrogen (secondary N) is 3. The lowest BCUT2D eigenvalue weighted by Crippen LogP contribution is -2.24. The average molecular weight is 392 g/mol. The predicted octanol–water partition coefficient (Wildman–Crippen LogP) is 6.64. The van der Waals surface area contributed by atoms with Crippen molar-refractivity contribution in [3.8, 4) is 11.3 Å². The second kappa shape index (κ2) is 7.65. The highest BCUT2D eigenvalue weighted by atomic mass is 35.5. The fourth-order valence-corrected chi connectivity index (χ4v) is 4.82. The lowest BCUT2D eigenvalue weighted by molar-refractivity contribution is 0.342. The molecular weight excluding hydrogens is 366 g/mol. The number of H-pyrrole nitrogens is 2. The van der Waals surface area contributed by atoms with Crippen molar-refractivity contribution >= 4 is 33.3 Å². The van der Waals surface area contributed by atoms with Crippen molar-refractivity contribution in [2.75, 3.05) is 6.54 Å². The SMILES string of the molecule is Clc1ccc(-c2cc3cc(CNCC4CCCCC4)ccc3[nH]2)c2c[nH]cc12. The second-order valence-corrected chi connectivity index (χ2v) is 8.52. The third kappa shape index (κ3) is 3.45. The molecule has 144 valence electrons. The summed E-state index contributed by atoms with van der Waals surface area (Å²) in [5, 5.41) is 7.92. The topological polar surface area (TPSA) is 43.6 Å². The van der Waals surface area contributed by atoms with Gasteiger partial charge in [0, 0.05) is 56.9 Å². The molecule has 3 nitrogen and oxygen atoms in total. The van der Waals surface area contributed by atoms with Crippen LogP contribution in [-0.2, 0) is 6.54 Å². The molecule has 2 heterocycles. The Morgan fingerprint density at radius 2 is 1.82 bits per heavy atom. The van der Waals surface area contributed by atoms with Crippen LogP contribution in [0.25, 0.3) is 32.9 Å². The second-order valence-electron chi connectivity index (χ2n) is 8.12. The smallest absolute Gasteiger partial charge is 0.0500 e. The molecule has 0 radical (unpaired) electrons. The Kier molecular flexibility index (Phi) is 4.87. The molecule has 1 aliphatic carbocycles. The zero-order valence-corrected chi connectivity index (χ0v) is 16.8. The number of fused-ring (bicyclic) bond motifs is 2. The first kappa shape index (κ1) is 17.8. The van der Waals surface area contributed by atoms with Crippen LogP contribution in [0, 0.1) is 5.92 Å². The normalized spacial score (nSPS) is 15.6. The van der Waals surface area contributed by atoms with E-state index in [2.05, 4.69) is 45.6 Å². The molecule has 1 fully saturated rings. The van der Waals surface area contributed by atoms with Crippen LogP contribution in [0.1, 0.15) is 37.7 Å². The van der Waals surface area contributed by atoms with Crippen molar-refractivity contribution in [3.05, 3.63) is 59.4 Å². The number of halogens is 1. The molecule has 0 spiro atoms. The maximum absolute atomic E-state index is 6.32. The molecular formula is C24H26ClN3. The Morgan fingerprint density at radius 3 is 2.71 bits per heavy atom. The fourth-order valence-electron chi connectivity index (χ4n) is 4.60. The largest absolute Gasteiger partial charge is 0.366 e. The van der Waals surface area contributed by atoms with Crippen molar-refractivity contribution in [2.24, 2.45) is 5.92 Å². The molecule has 0 atom stereocenters. The summed E-state index contributed by atoms with van der Waals surface area (Å²) in [5.41, 5.74) is 4.82. The predicted molar refractivity (Wildman–Crippen MR) is 119 cm³/mol. The number of aromatic nitrogens is 2. The third-order valence-electron chi connectivity index (χ3n) is 6.15. The van der Waals surface area contributed by atoms with E-state index in [0.29, 0.717) is 0 Å². The van der Waals surface area contributed by atoms with Crippen molar-refractivity contribution in [2.45, 2.75) is 38.6 Å². The Labute approximate surface area is 170 Å². The van der Waals surface area contributed by atoms with Gasteiger partial charge in [-0.15, -0.1) is 0 Å². The summed E-state index contributed by atoms with van der Waals surface area (Å²) < 4.78 is 0. The van der Waals surface area contributed by atoms with Gasteiger partial charge in [0.2, 0.25) is 0 Å². The summed E-state index contributed by atoms with van der Waals surface area (Å²) in [6, 6.07) is 13.0. The monoisotopic (exact) mass is 391 g/mol. The van der Waals surface area contributed by atoms with E-state index in [-0.39, 0.29) is 0 Å². The van der Waals surface area contributed by atoms with Crippen LogP contribution in [0.5, 0.6) is 0 Å². The van der Waals surface area contributed by atoms with Crippen molar-refractivity contribution in [1.29, 1.82) is 0 Å². The van der Waals surface area contributed by atoms with Crippen LogP contribution in [0.3, 0.4) is 0 Å². The molecule has 5 rings (SSSR count). The number of hydrogen-bond donors (Lipinski definition) is 3. The Balaban J connectivity index is 1.36. The molecule has 0 bridgehead atoms. The molecule has 0 saturated heterocycles. The molecule has 4 heteroatoms. The van der Waals surface area contributed by atoms with Gasteiger partial charge < -0.3 is 15.3 Å². The van der Waals surface area contributed by atoms with Gasteiger partial charge in [-0.1, -0.05) is 43.0 Å². The Hall–Kier alpha value is -2.23. The number of aromatic amines is 2. The molecule has 0 amide bonds. The summed E-state index contributed by atoms with van der Waals surface area (Å²) >= 11 is 6.32. The fraction of sp³-hybridized carbons (Fsp3) is 0.333. The van der Waals surface area contributed by atoms with Crippen LogP contribution in [0.4, 0.5) is 0 Å².